The summed E-state index contributed by atoms with van der Waals surface area (Å²) in [6, 6.07) is 0. The molecule has 236 valence electrons. The van der Waals surface area contributed by atoms with Crippen molar-refractivity contribution in [3.8, 4) is 0 Å². The van der Waals surface area contributed by atoms with Crippen LogP contribution >= 0.6 is 226 Å². The number of rotatable bonds is 0. The molecular weight excluding hydrogens is 2000 g/mol. The van der Waals surface area contributed by atoms with Crippen LogP contribution in [0.2, 0.25) is 0 Å². The Hall–Kier alpha value is 10.2. The molecule has 0 amide bonds. The van der Waals surface area contributed by atoms with E-state index in [0.717, 1.165) is 0 Å². The van der Waals surface area contributed by atoms with Crippen LogP contribution in [-0.2, 0) is 0 Å². The zero-order chi connectivity index (χ0) is 30.8. The maximum atomic E-state index is 2.24. The quantitative estimate of drug-likeness (QED) is 0.245. The maximum absolute atomic E-state index is 2.24. The Bertz CT molecular complexity index is 40.5. The van der Waals surface area contributed by atoms with Gasteiger partial charge in [-0.2, -0.15) is 0 Å². The van der Waals surface area contributed by atoms with E-state index in [1.165, 1.54) is 0 Å². The van der Waals surface area contributed by atoms with Gasteiger partial charge in [-0.1, -0.05) is 233 Å². The second-order valence-electron chi connectivity index (χ2n) is 1.51. The van der Waals surface area contributed by atoms with Crippen molar-refractivity contribution in [3.63, 3.8) is 0 Å². The van der Waals surface area contributed by atoms with Crippen molar-refractivity contribution in [2.45, 2.75) is 7.43 Å². The standard InChI is InChI=1S/4C2H6I.10CH3I.CH4/c4*1-3-2;10*1-2;/h4*1-2H3;10*1H3;1H4/q4*-1;;;;;;;;;;;. The molecule has 0 fully saturated rings. The average Bonchev–Trinajstić information content (AvgIpc) is 2.93. The van der Waals surface area contributed by atoms with Gasteiger partial charge >= 0.3 is 124 Å². The zero-order valence-corrected chi connectivity index (χ0v) is 53.5. The van der Waals surface area contributed by atoms with Crippen molar-refractivity contribution in [1.29, 1.82) is 0 Å². The molecule has 0 aromatic carbocycles. The Morgan fingerprint density at radius 3 is 0.212 bits per heavy atom. The second-order valence-corrected chi connectivity index (χ2v) is 10.1. The summed E-state index contributed by atoms with van der Waals surface area (Å²) in [6.45, 7) is 0. The molecule has 0 bridgehead atoms. The van der Waals surface area contributed by atoms with Gasteiger partial charge in [-0.25, -0.2) is 0 Å². The van der Waals surface area contributed by atoms with E-state index in [1.807, 2.05) is 49.3 Å². The molecule has 0 aliphatic heterocycles. The summed E-state index contributed by atoms with van der Waals surface area (Å²) in [5.74, 6) is 0. The van der Waals surface area contributed by atoms with Gasteiger partial charge in [0, 0.05) is 0 Å². The van der Waals surface area contributed by atoms with Crippen LogP contribution in [0.25, 0.3) is 0 Å². The van der Waals surface area contributed by atoms with E-state index in [-0.39, 0.29) is 7.43 Å². The van der Waals surface area contributed by atoms with Crippen LogP contribution in [0.4, 0.5) is 0 Å². The fraction of sp³-hybridized carbons (Fsp3) is 1.00. The van der Waals surface area contributed by atoms with Gasteiger partial charge in [-0.05, 0) is 49.3 Å². The summed E-state index contributed by atoms with van der Waals surface area (Å²) in [6.07, 6.45) is 0. The van der Waals surface area contributed by atoms with Crippen LogP contribution in [0.5, 0.6) is 0 Å². The van der Waals surface area contributed by atoms with Gasteiger partial charge in [-0.3, -0.25) is 0 Å². The molecule has 33 heavy (non-hydrogen) atoms. The van der Waals surface area contributed by atoms with Crippen molar-refractivity contribution in [1.82, 2.24) is 0 Å². The van der Waals surface area contributed by atoms with Gasteiger partial charge in [0.2, 0.25) is 0 Å². The van der Waals surface area contributed by atoms with E-state index in [4.69, 9.17) is 0 Å². The van der Waals surface area contributed by atoms with E-state index in [2.05, 4.69) is 265 Å². The zero-order valence-electron chi connectivity index (χ0n) is 23.3. The SMILES string of the molecule is C.CI.CI.CI.CI.CI.CI.CI.CI.CI.CI.C[I-]C.C[I-]C.C[I-]C.C[I-]C. The Morgan fingerprint density at radius 2 is 0.212 bits per heavy atom. The van der Waals surface area contributed by atoms with E-state index in [1.54, 1.807) is 0 Å². The molecule has 0 saturated heterocycles. The number of halogens is 14. The fourth-order valence-electron chi connectivity index (χ4n) is 0. The minimum atomic E-state index is 0. The normalized spacial score (nSPS) is 4.48. The van der Waals surface area contributed by atoms with E-state index >= 15 is 0 Å². The van der Waals surface area contributed by atoms with Crippen LogP contribution in [-0.4, -0.2) is 88.7 Å². The summed E-state index contributed by atoms with van der Waals surface area (Å²) < 4.78 is 0. The Balaban J connectivity index is -0.00000000816. The molecule has 0 aromatic rings. The molecule has 0 rings (SSSR count). The van der Waals surface area contributed by atoms with Crippen LogP contribution in [0, 0.1) is 0 Å². The third-order valence-electron chi connectivity index (χ3n) is 0. The molecule has 0 atom stereocenters. The van der Waals surface area contributed by atoms with Crippen molar-refractivity contribution in [3.05, 3.63) is 0 Å². The Labute approximate surface area is 396 Å². The monoisotopic (exact) mass is 2060 g/mol. The minimum absolute atomic E-state index is 0. The molecule has 0 radical (unpaired) electrons. The third-order valence-corrected chi connectivity index (χ3v) is 0. The van der Waals surface area contributed by atoms with Crippen LogP contribution in [0.15, 0.2) is 0 Å². The van der Waals surface area contributed by atoms with Gasteiger partial charge in [-0.15, -0.1) is 0 Å². The molecule has 0 aliphatic rings. The topological polar surface area (TPSA) is 0 Å². The third kappa shape index (κ3) is 654. The van der Waals surface area contributed by atoms with Crippen molar-refractivity contribution in [2.24, 2.45) is 0 Å². The van der Waals surface area contributed by atoms with Gasteiger partial charge < -0.3 is 0 Å². The first-order valence-electron chi connectivity index (χ1n) is 6.80. The van der Waals surface area contributed by atoms with Crippen LogP contribution in [0.1, 0.15) is 7.43 Å². The van der Waals surface area contributed by atoms with Gasteiger partial charge in [0.05, 0.1) is 0 Å². The molecule has 0 aliphatic carbocycles. The second kappa shape index (κ2) is 355. The van der Waals surface area contributed by atoms with Crippen LogP contribution in [0.3, 0.4) is 0 Å². The molecule has 0 nitrogen and oxygen atoms in total. The predicted molar refractivity (Wildman–Crippen MR) is 254 cm³/mol. The molecule has 0 N–H and O–H groups in total. The van der Waals surface area contributed by atoms with Crippen molar-refractivity contribution in [2.75, 3.05) is 88.7 Å². The molecular formula is C19H58I14-4. The van der Waals surface area contributed by atoms with E-state index in [0.29, 0.717) is 84.8 Å². The summed E-state index contributed by atoms with van der Waals surface area (Å²) in [7, 11) is 0. The number of hydrogen-bond donors (Lipinski definition) is 0. The average molecular weight is 2060 g/mol. The summed E-state index contributed by atoms with van der Waals surface area (Å²) >= 11 is 23.9. The first-order valence-corrected chi connectivity index (χ1v) is 45.6. The molecule has 0 unspecified atom stereocenters. The van der Waals surface area contributed by atoms with Crippen LogP contribution < -0.4 is 84.8 Å². The van der Waals surface area contributed by atoms with E-state index in [9.17, 15) is 0 Å². The molecule has 0 heterocycles. The summed E-state index contributed by atoms with van der Waals surface area (Å²) in [5, 5.41) is 0. The van der Waals surface area contributed by atoms with E-state index < -0.39 is 0 Å². The summed E-state index contributed by atoms with van der Waals surface area (Å²) in [5.41, 5.74) is 0. The first kappa shape index (κ1) is 96.7. The van der Waals surface area contributed by atoms with Gasteiger partial charge in [0.25, 0.3) is 0 Å². The Morgan fingerprint density at radius 1 is 0.212 bits per heavy atom. The number of alkyl halides is 18. The number of hydrogen-bond acceptors (Lipinski definition) is 0. The molecule has 0 saturated carbocycles. The van der Waals surface area contributed by atoms with Crippen molar-refractivity contribution >= 4 is 226 Å². The fourth-order valence-corrected chi connectivity index (χ4v) is 0. The van der Waals surface area contributed by atoms with Gasteiger partial charge in [0.1, 0.15) is 0 Å². The molecule has 14 heteroatoms. The first-order chi connectivity index (χ1) is 15.7. The van der Waals surface area contributed by atoms with Gasteiger partial charge in [0.15, 0.2) is 0 Å². The summed E-state index contributed by atoms with van der Waals surface area (Å²) in [4.78, 5) is 37.6. The Kier molecular flexibility index (Phi) is 1040. The molecule has 0 aromatic heterocycles. The predicted octanol–water partition coefficient (Wildman–Crippen LogP) is 0.488. The molecule has 0 spiro atoms. The van der Waals surface area contributed by atoms with Crippen molar-refractivity contribution < 1.29 is 84.8 Å².